The lowest BCUT2D eigenvalue weighted by molar-refractivity contribution is -0.159. The van der Waals surface area contributed by atoms with Crippen LogP contribution < -0.4 is 5.32 Å². The molecule has 222 valence electrons. The maximum atomic E-state index is 14.3. The first-order valence-corrected chi connectivity index (χ1v) is 15.3. The number of nitrogens with zero attached hydrogens (tertiary/aromatic N) is 2. The summed E-state index contributed by atoms with van der Waals surface area (Å²) >= 11 is 3.66. The van der Waals surface area contributed by atoms with Crippen LogP contribution in [0.1, 0.15) is 58.3 Å². The number of carbonyl (C=O) groups is 4. The van der Waals surface area contributed by atoms with E-state index in [4.69, 9.17) is 9.47 Å². The number of esters is 1. The van der Waals surface area contributed by atoms with Crippen molar-refractivity contribution in [2.24, 2.45) is 11.8 Å². The summed E-state index contributed by atoms with van der Waals surface area (Å²) in [7, 11) is 0. The van der Waals surface area contributed by atoms with Crippen molar-refractivity contribution in [2.45, 2.75) is 93.0 Å². The minimum atomic E-state index is -1.21. The highest BCUT2D eigenvalue weighted by Crippen LogP contribution is 2.60. The number of aliphatic hydroxyl groups is 1. The number of hydrogen-bond acceptors (Lipinski definition) is 7. The van der Waals surface area contributed by atoms with E-state index in [1.807, 2.05) is 4.90 Å². The van der Waals surface area contributed by atoms with Crippen LogP contribution in [0.15, 0.2) is 25.3 Å². The Kier molecular flexibility index (Phi) is 10.1. The molecule has 2 N–H and O–H groups in total. The largest absolute Gasteiger partial charge is 0.460 e. The second-order valence-electron chi connectivity index (χ2n) is 11.4. The Labute approximate surface area is 244 Å². The summed E-state index contributed by atoms with van der Waals surface area (Å²) in [5, 5.41) is 12.6. The summed E-state index contributed by atoms with van der Waals surface area (Å²) in [5.74, 6) is -3.16. The summed E-state index contributed by atoms with van der Waals surface area (Å²) in [4.78, 5) is 56.7. The molecule has 0 aromatic rings. The van der Waals surface area contributed by atoms with Crippen LogP contribution in [-0.2, 0) is 28.7 Å². The van der Waals surface area contributed by atoms with Gasteiger partial charge >= 0.3 is 5.97 Å². The van der Waals surface area contributed by atoms with Gasteiger partial charge in [-0.15, -0.1) is 13.2 Å². The summed E-state index contributed by atoms with van der Waals surface area (Å²) in [6, 6.07) is -0.911. The van der Waals surface area contributed by atoms with Gasteiger partial charge in [-0.25, -0.2) is 0 Å². The number of alkyl halides is 1. The molecule has 4 aliphatic rings. The SMILES string of the molecule is C=CCCC(=O)NC[C@@H](C)OC(=O)[C@@H]1[C@H]2O[C@@]3(CC2Br)[C@H](C(=O)N(CC=C)C2CCCCC2)N(CCO)C(=O)[C@@H]13. The normalized spacial score (nSPS) is 31.9. The zero-order valence-corrected chi connectivity index (χ0v) is 24.9. The monoisotopic (exact) mass is 623 g/mol. The van der Waals surface area contributed by atoms with Crippen molar-refractivity contribution in [3.63, 3.8) is 0 Å². The van der Waals surface area contributed by atoms with Gasteiger partial charge in [0.1, 0.15) is 17.7 Å². The molecule has 1 spiro atoms. The van der Waals surface area contributed by atoms with Crippen LogP contribution in [0.5, 0.6) is 0 Å². The van der Waals surface area contributed by atoms with Gasteiger partial charge in [0.05, 0.1) is 31.1 Å². The van der Waals surface area contributed by atoms with Gasteiger partial charge in [0.15, 0.2) is 0 Å². The van der Waals surface area contributed by atoms with E-state index in [-0.39, 0.29) is 48.3 Å². The maximum Gasteiger partial charge on any atom is 0.312 e. The zero-order valence-electron chi connectivity index (χ0n) is 23.3. The fourth-order valence-corrected chi connectivity index (χ4v) is 7.97. The number of carbonyl (C=O) groups excluding carboxylic acids is 4. The van der Waals surface area contributed by atoms with E-state index in [0.29, 0.717) is 25.8 Å². The highest BCUT2D eigenvalue weighted by atomic mass is 79.9. The van der Waals surface area contributed by atoms with Gasteiger partial charge in [-0.2, -0.15) is 0 Å². The van der Waals surface area contributed by atoms with E-state index in [0.717, 1.165) is 32.1 Å². The van der Waals surface area contributed by atoms with Crippen LogP contribution in [0.25, 0.3) is 0 Å². The number of hydrogen-bond donors (Lipinski definition) is 2. The molecule has 3 aliphatic heterocycles. The number of amides is 3. The van der Waals surface area contributed by atoms with E-state index < -0.39 is 41.7 Å². The Morgan fingerprint density at radius 1 is 1.27 bits per heavy atom. The Hall–Kier alpha value is -2.24. The Morgan fingerprint density at radius 3 is 2.65 bits per heavy atom. The molecule has 3 saturated heterocycles. The number of likely N-dealkylation sites (tertiary alicyclic amines) is 1. The van der Waals surface area contributed by atoms with Crippen LogP contribution in [0.2, 0.25) is 0 Å². The number of fused-ring (bicyclic) bond motifs is 1. The molecule has 1 unspecified atom stereocenters. The van der Waals surface area contributed by atoms with Gasteiger partial charge in [-0.1, -0.05) is 47.3 Å². The van der Waals surface area contributed by atoms with E-state index in [1.165, 1.54) is 4.90 Å². The first kappa shape index (κ1) is 30.7. The lowest BCUT2D eigenvalue weighted by atomic mass is 9.70. The van der Waals surface area contributed by atoms with Gasteiger partial charge in [-0.05, 0) is 32.6 Å². The summed E-state index contributed by atoms with van der Waals surface area (Å²) in [6.07, 6.45) is 8.31. The van der Waals surface area contributed by atoms with Gasteiger partial charge in [-0.3, -0.25) is 19.2 Å². The van der Waals surface area contributed by atoms with Crippen molar-refractivity contribution in [1.29, 1.82) is 0 Å². The van der Waals surface area contributed by atoms with Gasteiger partial charge in [0.25, 0.3) is 0 Å². The second kappa shape index (κ2) is 13.2. The third kappa shape index (κ3) is 5.74. The summed E-state index contributed by atoms with van der Waals surface area (Å²) in [5.41, 5.74) is -1.21. The van der Waals surface area contributed by atoms with Gasteiger partial charge in [0, 0.05) is 30.4 Å². The molecule has 7 atom stereocenters. The van der Waals surface area contributed by atoms with Crippen molar-refractivity contribution >= 4 is 39.6 Å². The molecular formula is C29H42BrN3O7. The highest BCUT2D eigenvalue weighted by Gasteiger charge is 2.77. The number of rotatable bonds is 13. The van der Waals surface area contributed by atoms with Crippen LogP contribution in [0.3, 0.4) is 0 Å². The lowest BCUT2D eigenvalue weighted by Crippen LogP contribution is -2.59. The number of ether oxygens (including phenoxy) is 2. The molecule has 40 heavy (non-hydrogen) atoms. The predicted octanol–water partition coefficient (Wildman–Crippen LogP) is 2.09. The predicted molar refractivity (Wildman–Crippen MR) is 151 cm³/mol. The fraction of sp³-hybridized carbons (Fsp3) is 0.724. The molecule has 2 bridgehead atoms. The van der Waals surface area contributed by atoms with Crippen LogP contribution in [0.4, 0.5) is 0 Å². The smallest absolute Gasteiger partial charge is 0.312 e. The minimum Gasteiger partial charge on any atom is -0.460 e. The quantitative estimate of drug-likeness (QED) is 0.183. The number of nitrogens with one attached hydrogen (secondary N) is 1. The highest BCUT2D eigenvalue weighted by molar-refractivity contribution is 9.09. The molecule has 4 fully saturated rings. The molecule has 1 saturated carbocycles. The first-order valence-electron chi connectivity index (χ1n) is 14.4. The van der Waals surface area contributed by atoms with E-state index >= 15 is 0 Å². The molecule has 0 radical (unpaired) electrons. The van der Waals surface area contributed by atoms with E-state index in [9.17, 15) is 24.3 Å². The Bertz CT molecular complexity index is 1000. The molecule has 0 aromatic heterocycles. The van der Waals surface area contributed by atoms with Crippen molar-refractivity contribution in [2.75, 3.05) is 26.2 Å². The molecule has 3 amide bonds. The van der Waals surface area contributed by atoms with Crippen LogP contribution >= 0.6 is 15.9 Å². The molecule has 3 heterocycles. The number of halogens is 1. The number of β-amino-alcohol motifs (C(OH)–C–C–N with tert-alkyl or cyclic N) is 1. The number of allylic oxidation sites excluding steroid dienone is 1. The minimum absolute atomic E-state index is 0.0318. The van der Waals surface area contributed by atoms with E-state index in [1.54, 1.807) is 19.1 Å². The zero-order chi connectivity index (χ0) is 29.0. The lowest BCUT2D eigenvalue weighted by Gasteiger charge is -2.40. The van der Waals surface area contributed by atoms with Crippen molar-refractivity contribution in [1.82, 2.24) is 15.1 Å². The molecule has 10 nitrogen and oxygen atoms in total. The molecule has 1 aliphatic carbocycles. The molecular weight excluding hydrogens is 582 g/mol. The molecule has 11 heteroatoms. The summed E-state index contributed by atoms with van der Waals surface area (Å²) < 4.78 is 12.2. The van der Waals surface area contributed by atoms with E-state index in [2.05, 4.69) is 34.4 Å². The molecule has 0 aromatic carbocycles. The van der Waals surface area contributed by atoms with Gasteiger partial charge in [0.2, 0.25) is 17.7 Å². The first-order chi connectivity index (χ1) is 19.2. The standard InChI is InChI=1S/C29H42BrN3O7/c1-4-6-12-21(35)31-17-18(3)39-28(38)22-23-26(36)33(14-15-34)25(29(23)16-20(30)24(22)40-29)27(37)32(13-5-2)19-10-8-7-9-11-19/h4-5,18-20,22-25,34H,1-2,6-17H2,3H3,(H,31,35)/t18-,20?,22+,23-,24+,25+,29-/m1/s1. The maximum absolute atomic E-state index is 14.3. The van der Waals surface area contributed by atoms with Crippen molar-refractivity contribution < 1.29 is 33.8 Å². The third-order valence-corrected chi connectivity index (χ3v) is 9.58. The van der Waals surface area contributed by atoms with Crippen molar-refractivity contribution in [3.8, 4) is 0 Å². The van der Waals surface area contributed by atoms with Crippen molar-refractivity contribution in [3.05, 3.63) is 25.3 Å². The fourth-order valence-electron chi connectivity index (χ4n) is 7.03. The Balaban J connectivity index is 1.57. The van der Waals surface area contributed by atoms with Gasteiger partial charge < -0.3 is 29.7 Å². The Morgan fingerprint density at radius 2 is 2.00 bits per heavy atom. The number of aliphatic hydroxyl groups excluding tert-OH is 1. The second-order valence-corrected chi connectivity index (χ2v) is 12.5. The van der Waals surface area contributed by atoms with Crippen LogP contribution in [-0.4, -0.2) is 99.6 Å². The average molecular weight is 625 g/mol. The third-order valence-electron chi connectivity index (χ3n) is 8.74. The topological polar surface area (TPSA) is 125 Å². The van der Waals surface area contributed by atoms with Crippen LogP contribution in [0, 0.1) is 11.8 Å². The summed E-state index contributed by atoms with van der Waals surface area (Å²) in [6.45, 7) is 9.28. The molecule has 4 rings (SSSR count). The average Bonchev–Trinajstić information content (AvgIpc) is 3.53.